The van der Waals surface area contributed by atoms with Crippen molar-refractivity contribution in [3.8, 4) is 5.69 Å². The van der Waals surface area contributed by atoms with Crippen LogP contribution in [0.2, 0.25) is 0 Å². The molecule has 0 unspecified atom stereocenters. The van der Waals surface area contributed by atoms with E-state index in [-0.39, 0.29) is 16.9 Å². The van der Waals surface area contributed by atoms with Crippen molar-refractivity contribution in [2.75, 3.05) is 34.9 Å². The van der Waals surface area contributed by atoms with Gasteiger partial charge in [0.25, 0.3) is 5.91 Å². The van der Waals surface area contributed by atoms with Gasteiger partial charge >= 0.3 is 12.2 Å². The molecule has 0 saturated heterocycles. The monoisotopic (exact) mass is 639 g/mol. The van der Waals surface area contributed by atoms with Crippen molar-refractivity contribution in [3.05, 3.63) is 115 Å². The number of carbonyl (C=O) groups excluding carboxylic acids is 2. The van der Waals surface area contributed by atoms with Crippen LogP contribution >= 0.6 is 0 Å². The lowest BCUT2D eigenvalue weighted by Crippen LogP contribution is -2.19. The van der Waals surface area contributed by atoms with E-state index in [2.05, 4.69) is 30.9 Å². The molecule has 0 aliphatic carbocycles. The number of hydrogen-bond donors (Lipinski definition) is 3. The quantitative estimate of drug-likeness (QED) is 0.171. The molecule has 47 heavy (non-hydrogen) atoms. The second-order valence-corrected chi connectivity index (χ2v) is 10.9. The number of benzene rings is 3. The highest BCUT2D eigenvalue weighted by atomic mass is 19.4. The number of halogens is 3. The molecule has 238 valence electrons. The molecular formula is C33H28F3N9O2. The third kappa shape index (κ3) is 6.76. The van der Waals surface area contributed by atoms with Crippen molar-refractivity contribution in [1.29, 1.82) is 0 Å². The molecule has 0 spiro atoms. The summed E-state index contributed by atoms with van der Waals surface area (Å²) in [7, 11) is 3.89. The molecule has 0 aliphatic rings. The Morgan fingerprint density at radius 2 is 1.60 bits per heavy atom. The molecule has 0 bridgehead atoms. The average molecular weight is 640 g/mol. The van der Waals surface area contributed by atoms with Gasteiger partial charge in [0, 0.05) is 60.5 Å². The number of carbonyl (C=O) groups is 2. The van der Waals surface area contributed by atoms with Crippen LogP contribution in [0.4, 0.5) is 46.5 Å². The molecule has 11 nitrogen and oxygen atoms in total. The van der Waals surface area contributed by atoms with E-state index in [1.54, 1.807) is 43.6 Å². The van der Waals surface area contributed by atoms with Gasteiger partial charge in [-0.05, 0) is 67.6 Å². The Bertz CT molecular complexity index is 2120. The second-order valence-electron chi connectivity index (χ2n) is 10.9. The number of nitrogens with one attached hydrogen (secondary N) is 3. The Kier molecular flexibility index (Phi) is 8.07. The van der Waals surface area contributed by atoms with Crippen molar-refractivity contribution in [2.45, 2.75) is 13.1 Å². The van der Waals surface area contributed by atoms with Crippen molar-refractivity contribution in [1.82, 2.24) is 24.1 Å². The van der Waals surface area contributed by atoms with Crippen LogP contribution in [0.5, 0.6) is 0 Å². The average Bonchev–Trinajstić information content (AvgIpc) is 3.68. The van der Waals surface area contributed by atoms with Crippen LogP contribution in [0.25, 0.3) is 16.7 Å². The van der Waals surface area contributed by atoms with Gasteiger partial charge in [0.2, 0.25) is 0 Å². The first kappa shape index (κ1) is 30.8. The molecular weight excluding hydrogens is 611 g/mol. The van der Waals surface area contributed by atoms with E-state index in [4.69, 9.17) is 0 Å². The van der Waals surface area contributed by atoms with Gasteiger partial charge < -0.3 is 25.4 Å². The maximum atomic E-state index is 13.7. The van der Waals surface area contributed by atoms with Gasteiger partial charge in [0.1, 0.15) is 12.1 Å². The number of imidazole rings is 1. The summed E-state index contributed by atoms with van der Waals surface area (Å²) in [6.45, 7) is 1.71. The minimum Gasteiger partial charge on any atom is -0.378 e. The van der Waals surface area contributed by atoms with Crippen molar-refractivity contribution >= 4 is 51.5 Å². The Balaban J connectivity index is 1.20. The fourth-order valence-electron chi connectivity index (χ4n) is 4.89. The molecule has 0 saturated carbocycles. The van der Waals surface area contributed by atoms with E-state index in [0.717, 1.165) is 23.5 Å². The lowest BCUT2D eigenvalue weighted by Gasteiger charge is -2.14. The second kappa shape index (κ2) is 12.3. The Morgan fingerprint density at radius 1 is 0.851 bits per heavy atom. The number of amides is 2. The standard InChI is InChI=1S/C33H28F3N9O2/c1-20-17-44(19-39-20)27-13-21(12-22(14-27)33(34,35)36)31(46)41-23-6-4-7-24(15-23)42-32(47)45-11-10-28-29(37-18-38-30(28)45)40-25-8-5-9-26(16-25)43(2)3/h4-19H,1-3H3,(H,41,46)(H,42,47)(H,37,38,40). The SMILES string of the molecule is Cc1cn(-c2cc(C(=O)Nc3cccc(NC(=O)n4ccc5c(Nc6cccc(N(C)C)c6)ncnc54)c3)cc(C(F)(F)F)c2)cn1. The van der Waals surface area contributed by atoms with Gasteiger partial charge in [0.05, 0.1) is 23.0 Å². The van der Waals surface area contributed by atoms with Crippen LogP contribution < -0.4 is 20.9 Å². The molecule has 6 rings (SSSR count). The Morgan fingerprint density at radius 3 is 2.32 bits per heavy atom. The van der Waals surface area contributed by atoms with Crippen LogP contribution in [0.3, 0.4) is 0 Å². The first-order valence-electron chi connectivity index (χ1n) is 14.3. The number of anilines is 5. The Hall–Kier alpha value is -6.18. The summed E-state index contributed by atoms with van der Waals surface area (Å²) >= 11 is 0. The van der Waals surface area contributed by atoms with E-state index in [0.29, 0.717) is 28.2 Å². The number of aromatic nitrogens is 5. The zero-order valence-electron chi connectivity index (χ0n) is 25.4. The normalized spacial score (nSPS) is 11.4. The van der Waals surface area contributed by atoms with Gasteiger partial charge in [0.15, 0.2) is 5.65 Å². The molecule has 3 N–H and O–H groups in total. The van der Waals surface area contributed by atoms with Gasteiger partial charge in [-0.3, -0.25) is 9.36 Å². The predicted molar refractivity (Wildman–Crippen MR) is 174 cm³/mol. The maximum Gasteiger partial charge on any atom is 0.416 e. The molecule has 0 radical (unpaired) electrons. The van der Waals surface area contributed by atoms with Crippen molar-refractivity contribution < 1.29 is 22.8 Å². The van der Waals surface area contributed by atoms with Crippen LogP contribution in [0, 0.1) is 6.92 Å². The molecule has 0 fully saturated rings. The van der Waals surface area contributed by atoms with Gasteiger partial charge in [-0.2, -0.15) is 13.2 Å². The van der Waals surface area contributed by atoms with E-state index in [1.165, 1.54) is 33.9 Å². The summed E-state index contributed by atoms with van der Waals surface area (Å²) in [6, 6.07) is 18.3. The minimum atomic E-state index is -4.67. The van der Waals surface area contributed by atoms with E-state index in [1.807, 2.05) is 43.3 Å². The lowest BCUT2D eigenvalue weighted by atomic mass is 10.1. The van der Waals surface area contributed by atoms with Gasteiger partial charge in [-0.1, -0.05) is 12.1 Å². The summed E-state index contributed by atoms with van der Waals surface area (Å²) in [5.74, 6) is -0.245. The molecule has 6 aromatic rings. The summed E-state index contributed by atoms with van der Waals surface area (Å²) in [5, 5.41) is 9.28. The van der Waals surface area contributed by atoms with Crippen LogP contribution in [0.1, 0.15) is 21.6 Å². The highest BCUT2D eigenvalue weighted by Gasteiger charge is 2.32. The highest BCUT2D eigenvalue weighted by Crippen LogP contribution is 2.32. The number of alkyl halides is 3. The Labute approximate surface area is 266 Å². The van der Waals surface area contributed by atoms with E-state index >= 15 is 0 Å². The largest absolute Gasteiger partial charge is 0.416 e. The van der Waals surface area contributed by atoms with Gasteiger partial charge in [-0.15, -0.1) is 0 Å². The zero-order chi connectivity index (χ0) is 33.3. The first-order valence-corrected chi connectivity index (χ1v) is 14.3. The third-order valence-corrected chi connectivity index (χ3v) is 7.21. The molecule has 0 aliphatic heterocycles. The van der Waals surface area contributed by atoms with E-state index < -0.39 is 23.7 Å². The number of nitrogens with zero attached hydrogens (tertiary/aromatic N) is 6. The summed E-state index contributed by atoms with van der Waals surface area (Å²) < 4.78 is 43.8. The smallest absolute Gasteiger partial charge is 0.378 e. The number of aryl methyl sites for hydroxylation is 1. The van der Waals surface area contributed by atoms with Gasteiger partial charge in [-0.25, -0.2) is 19.7 Å². The van der Waals surface area contributed by atoms with Crippen molar-refractivity contribution in [2.24, 2.45) is 0 Å². The minimum absolute atomic E-state index is 0.134. The van der Waals surface area contributed by atoms with E-state index in [9.17, 15) is 22.8 Å². The predicted octanol–water partition coefficient (Wildman–Crippen LogP) is 7.09. The highest BCUT2D eigenvalue weighted by molar-refractivity contribution is 6.05. The number of hydrogen-bond acceptors (Lipinski definition) is 7. The van der Waals surface area contributed by atoms with Crippen LogP contribution in [-0.4, -0.2) is 50.1 Å². The molecule has 3 aromatic heterocycles. The summed E-state index contributed by atoms with van der Waals surface area (Å²) in [4.78, 5) is 41.1. The zero-order valence-corrected chi connectivity index (χ0v) is 25.4. The fraction of sp³-hybridized carbons (Fsp3) is 0.121. The summed E-state index contributed by atoms with van der Waals surface area (Å²) in [6.07, 6.45) is 1.18. The molecule has 3 aromatic carbocycles. The number of rotatable bonds is 7. The molecule has 3 heterocycles. The van der Waals surface area contributed by atoms with Crippen molar-refractivity contribution in [3.63, 3.8) is 0 Å². The third-order valence-electron chi connectivity index (χ3n) is 7.21. The molecule has 2 amide bonds. The van der Waals surface area contributed by atoms with Crippen LogP contribution in [-0.2, 0) is 6.18 Å². The summed E-state index contributed by atoms with van der Waals surface area (Å²) in [5.41, 5.74) is 2.33. The molecule has 0 atom stereocenters. The number of fused-ring (bicyclic) bond motifs is 1. The lowest BCUT2D eigenvalue weighted by molar-refractivity contribution is -0.137. The van der Waals surface area contributed by atoms with Crippen LogP contribution in [0.15, 0.2) is 97.8 Å². The maximum absolute atomic E-state index is 13.7. The topological polar surface area (TPSA) is 122 Å². The molecule has 14 heteroatoms. The fourth-order valence-corrected chi connectivity index (χ4v) is 4.89. The first-order chi connectivity index (χ1) is 22.4.